The van der Waals surface area contributed by atoms with Crippen LogP contribution >= 0.6 is 0 Å². The average Bonchev–Trinajstić information content (AvgIpc) is 3.37. The van der Waals surface area contributed by atoms with E-state index in [1.807, 2.05) is 0 Å². The zero-order chi connectivity index (χ0) is 20.6. The SMILES string of the molecule is COC(OC)=C(CO)[C@@]12O[C@@H]1C[C@H]1[C@@H]3CC=C4C[C@@H](O)CC[C@]4(C)[C@H]3CC[C@@]12C. The van der Waals surface area contributed by atoms with Crippen LogP contribution in [0.1, 0.15) is 58.8 Å². The van der Waals surface area contributed by atoms with E-state index < -0.39 is 5.60 Å². The predicted octanol–water partition coefficient (Wildman–Crippen LogP) is 3.55. The smallest absolute Gasteiger partial charge is 0.283 e. The summed E-state index contributed by atoms with van der Waals surface area (Å²) >= 11 is 0. The van der Waals surface area contributed by atoms with Gasteiger partial charge < -0.3 is 24.4 Å². The van der Waals surface area contributed by atoms with Crippen LogP contribution in [0.4, 0.5) is 0 Å². The van der Waals surface area contributed by atoms with Crippen molar-refractivity contribution in [3.63, 3.8) is 0 Å². The van der Waals surface area contributed by atoms with Gasteiger partial charge in [0.2, 0.25) is 0 Å². The average molecular weight is 405 g/mol. The lowest BCUT2D eigenvalue weighted by Gasteiger charge is -2.58. The van der Waals surface area contributed by atoms with Gasteiger partial charge in [0.25, 0.3) is 5.95 Å². The van der Waals surface area contributed by atoms with Crippen molar-refractivity contribution in [3.8, 4) is 0 Å². The van der Waals surface area contributed by atoms with Crippen LogP contribution in [0.2, 0.25) is 0 Å². The van der Waals surface area contributed by atoms with Crippen molar-refractivity contribution in [3.05, 3.63) is 23.2 Å². The van der Waals surface area contributed by atoms with Gasteiger partial charge in [-0.1, -0.05) is 25.5 Å². The van der Waals surface area contributed by atoms with E-state index in [0.29, 0.717) is 23.7 Å². The molecule has 5 rings (SSSR count). The number of hydrogen-bond donors (Lipinski definition) is 2. The van der Waals surface area contributed by atoms with Crippen molar-refractivity contribution in [2.75, 3.05) is 20.8 Å². The molecule has 1 saturated heterocycles. The summed E-state index contributed by atoms with van der Waals surface area (Å²) in [7, 11) is 3.19. The Balaban J connectivity index is 1.51. The lowest BCUT2D eigenvalue weighted by molar-refractivity contribution is -0.0791. The van der Waals surface area contributed by atoms with Crippen LogP contribution in [0.5, 0.6) is 0 Å². The van der Waals surface area contributed by atoms with E-state index in [0.717, 1.165) is 44.1 Å². The molecule has 2 N–H and O–H groups in total. The van der Waals surface area contributed by atoms with Gasteiger partial charge >= 0.3 is 0 Å². The number of fused-ring (bicyclic) bond motifs is 7. The highest BCUT2D eigenvalue weighted by Crippen LogP contribution is 2.75. The molecule has 4 aliphatic carbocycles. The van der Waals surface area contributed by atoms with Crippen LogP contribution in [0.25, 0.3) is 0 Å². The number of ether oxygens (including phenoxy) is 3. The molecule has 0 bridgehead atoms. The van der Waals surface area contributed by atoms with Gasteiger partial charge in [-0.15, -0.1) is 0 Å². The molecule has 162 valence electrons. The Morgan fingerprint density at radius 2 is 1.93 bits per heavy atom. The molecule has 1 aliphatic heterocycles. The maximum absolute atomic E-state index is 10.2. The summed E-state index contributed by atoms with van der Waals surface area (Å²) in [5, 5.41) is 20.4. The highest BCUT2D eigenvalue weighted by atomic mass is 16.7. The van der Waals surface area contributed by atoms with E-state index in [-0.39, 0.29) is 29.6 Å². The van der Waals surface area contributed by atoms with Gasteiger partial charge in [0.05, 0.1) is 38.6 Å². The van der Waals surface area contributed by atoms with Gasteiger partial charge in [0.15, 0.2) is 0 Å². The molecule has 3 saturated carbocycles. The third-order valence-electron chi connectivity index (χ3n) is 9.73. The molecule has 5 aliphatic rings. The number of aliphatic hydroxyl groups excluding tert-OH is 2. The molecule has 0 amide bonds. The molecule has 0 aromatic carbocycles. The Kier molecular flexibility index (Phi) is 4.44. The lowest BCUT2D eigenvalue weighted by Crippen LogP contribution is -2.53. The minimum absolute atomic E-state index is 0.00487. The summed E-state index contributed by atoms with van der Waals surface area (Å²) in [4.78, 5) is 0. The van der Waals surface area contributed by atoms with Gasteiger partial charge in [0.1, 0.15) is 5.60 Å². The van der Waals surface area contributed by atoms with Crippen molar-refractivity contribution < 1.29 is 24.4 Å². The number of hydrogen-bond acceptors (Lipinski definition) is 5. The number of epoxide rings is 1. The first kappa shape index (κ1) is 19.9. The van der Waals surface area contributed by atoms with Gasteiger partial charge in [-0.3, -0.25) is 0 Å². The largest absolute Gasteiger partial charge is 0.469 e. The first-order valence-electron chi connectivity index (χ1n) is 11.3. The fourth-order valence-corrected chi connectivity index (χ4v) is 8.27. The maximum Gasteiger partial charge on any atom is 0.283 e. The molecule has 1 heterocycles. The second-order valence-corrected chi connectivity index (χ2v) is 10.5. The van der Waals surface area contributed by atoms with E-state index in [9.17, 15) is 10.2 Å². The first-order chi connectivity index (χ1) is 13.9. The monoisotopic (exact) mass is 404 g/mol. The van der Waals surface area contributed by atoms with Crippen molar-refractivity contribution in [1.82, 2.24) is 0 Å². The molecule has 0 spiro atoms. The van der Waals surface area contributed by atoms with E-state index in [4.69, 9.17) is 14.2 Å². The van der Waals surface area contributed by atoms with Gasteiger partial charge in [-0.05, 0) is 68.1 Å². The summed E-state index contributed by atoms with van der Waals surface area (Å²) < 4.78 is 17.3. The fourth-order valence-electron chi connectivity index (χ4n) is 8.27. The summed E-state index contributed by atoms with van der Waals surface area (Å²) in [6, 6.07) is 0. The minimum atomic E-state index is -0.438. The van der Waals surface area contributed by atoms with Gasteiger partial charge in [-0.25, -0.2) is 0 Å². The van der Waals surface area contributed by atoms with Gasteiger partial charge in [0, 0.05) is 5.41 Å². The Labute approximate surface area is 174 Å². The number of aliphatic hydroxyl groups is 2. The second kappa shape index (κ2) is 6.48. The zero-order valence-corrected chi connectivity index (χ0v) is 18.2. The highest BCUT2D eigenvalue weighted by Gasteiger charge is 2.79. The molecule has 0 aromatic heterocycles. The molecule has 0 aromatic rings. The fraction of sp³-hybridized carbons (Fsp3) is 0.833. The van der Waals surface area contributed by atoms with Crippen LogP contribution in [0.15, 0.2) is 23.2 Å². The molecule has 4 fully saturated rings. The van der Waals surface area contributed by atoms with Gasteiger partial charge in [-0.2, -0.15) is 0 Å². The molecule has 8 atom stereocenters. The van der Waals surface area contributed by atoms with Crippen LogP contribution in [0.3, 0.4) is 0 Å². The van der Waals surface area contributed by atoms with E-state index >= 15 is 0 Å². The van der Waals surface area contributed by atoms with Crippen molar-refractivity contribution in [2.45, 2.75) is 76.6 Å². The quantitative estimate of drug-likeness (QED) is 0.426. The highest BCUT2D eigenvalue weighted by molar-refractivity contribution is 5.40. The van der Waals surface area contributed by atoms with Crippen LogP contribution in [-0.2, 0) is 14.2 Å². The number of methoxy groups -OCH3 is 2. The number of allylic oxidation sites excluding steroid dienone is 1. The molecule has 0 unspecified atom stereocenters. The molecular formula is C24H36O5. The van der Waals surface area contributed by atoms with Crippen LogP contribution in [-0.4, -0.2) is 48.8 Å². The van der Waals surface area contributed by atoms with Crippen molar-refractivity contribution in [2.24, 2.45) is 28.6 Å². The Hall–Kier alpha value is -1.04. The van der Waals surface area contributed by atoms with Crippen molar-refractivity contribution in [1.29, 1.82) is 0 Å². The lowest BCUT2D eigenvalue weighted by atomic mass is 9.47. The van der Waals surface area contributed by atoms with E-state index in [2.05, 4.69) is 19.9 Å². The number of rotatable bonds is 4. The molecule has 5 nitrogen and oxygen atoms in total. The van der Waals surface area contributed by atoms with Crippen molar-refractivity contribution >= 4 is 0 Å². The third kappa shape index (κ3) is 2.38. The molecular weight excluding hydrogens is 368 g/mol. The Bertz CT molecular complexity index is 752. The second-order valence-electron chi connectivity index (χ2n) is 10.5. The standard InChI is InChI=1S/C24H36O5/c1-22-9-7-15(26)11-14(22)5-6-16-17(22)8-10-23(2)18(16)12-20-24(23,29-20)19(13-25)21(27-3)28-4/h5,15-18,20,25-26H,6-13H2,1-4H3/t15-,16+,17-,18-,20+,22-,23-,24+/m0/s1. The molecule has 5 heteroatoms. The Morgan fingerprint density at radius 3 is 2.62 bits per heavy atom. The summed E-state index contributed by atoms with van der Waals surface area (Å²) in [5.41, 5.74) is 2.09. The summed E-state index contributed by atoms with van der Waals surface area (Å²) in [5.74, 6) is 2.34. The van der Waals surface area contributed by atoms with Crippen LogP contribution < -0.4 is 0 Å². The van der Waals surface area contributed by atoms with E-state index in [1.54, 1.807) is 14.2 Å². The topological polar surface area (TPSA) is 71.5 Å². The zero-order valence-electron chi connectivity index (χ0n) is 18.2. The maximum atomic E-state index is 10.2. The molecule has 29 heavy (non-hydrogen) atoms. The Morgan fingerprint density at radius 1 is 1.17 bits per heavy atom. The molecule has 0 radical (unpaired) electrons. The van der Waals surface area contributed by atoms with E-state index in [1.165, 1.54) is 12.0 Å². The minimum Gasteiger partial charge on any atom is -0.469 e. The summed E-state index contributed by atoms with van der Waals surface area (Å²) in [6.45, 7) is 4.74. The van der Waals surface area contributed by atoms with Crippen LogP contribution in [0, 0.1) is 28.6 Å². The third-order valence-corrected chi connectivity index (χ3v) is 9.73. The normalized spacial score (nSPS) is 49.7. The summed E-state index contributed by atoms with van der Waals surface area (Å²) in [6.07, 6.45) is 9.82. The first-order valence-corrected chi connectivity index (χ1v) is 11.3. The predicted molar refractivity (Wildman–Crippen MR) is 109 cm³/mol.